The number of benzene rings is 4. The number of aliphatic hydroxyl groups is 1. The number of amides is 1. The molecule has 10 heteroatoms. The molecule has 0 saturated carbocycles. The molecular weight excluding hydrogens is 729 g/mol. The molecule has 3 fully saturated rings. The molecule has 3 saturated heterocycles. The second-order valence-corrected chi connectivity index (χ2v) is 16.2. The van der Waals surface area contributed by atoms with Crippen molar-refractivity contribution in [1.29, 1.82) is 0 Å². The number of rotatable bonds is 20. The number of ether oxygens (including phenoxy) is 2. The molecule has 3 aliphatic rings. The summed E-state index contributed by atoms with van der Waals surface area (Å²) >= 11 is 0. The number of carbonyl (C=O) groups excluding carboxylic acids is 1. The van der Waals surface area contributed by atoms with Crippen LogP contribution in [-0.4, -0.2) is 77.8 Å². The van der Waals surface area contributed by atoms with Crippen LogP contribution in [-0.2, 0) is 11.2 Å². The van der Waals surface area contributed by atoms with Crippen molar-refractivity contribution in [2.24, 2.45) is 5.92 Å². The van der Waals surface area contributed by atoms with E-state index in [2.05, 4.69) is 45.9 Å². The van der Waals surface area contributed by atoms with Gasteiger partial charge >= 0.3 is 6.09 Å². The van der Waals surface area contributed by atoms with Crippen LogP contribution in [0.25, 0.3) is 10.9 Å². The van der Waals surface area contributed by atoms with E-state index in [1.807, 2.05) is 54.6 Å². The molecule has 1 unspecified atom stereocenters. The molecule has 0 aliphatic carbocycles. The summed E-state index contributed by atoms with van der Waals surface area (Å²) in [5.41, 5.74) is 4.03. The van der Waals surface area contributed by atoms with Crippen LogP contribution in [0.5, 0.6) is 11.5 Å². The summed E-state index contributed by atoms with van der Waals surface area (Å²) < 4.78 is 13.5. The first-order chi connectivity index (χ1) is 28.4. The summed E-state index contributed by atoms with van der Waals surface area (Å²) in [6.45, 7) is 6.16. The number of nitrogens with zero attached hydrogens (tertiary/aromatic N) is 1. The van der Waals surface area contributed by atoms with Crippen LogP contribution >= 0.6 is 0 Å². The molecule has 1 amide bonds. The van der Waals surface area contributed by atoms with Crippen molar-refractivity contribution in [3.63, 3.8) is 0 Å². The van der Waals surface area contributed by atoms with Crippen molar-refractivity contribution in [3.8, 4) is 11.5 Å². The van der Waals surface area contributed by atoms with E-state index in [0.717, 1.165) is 98.8 Å². The van der Waals surface area contributed by atoms with Crippen molar-refractivity contribution in [2.45, 2.75) is 76.0 Å². The molecule has 0 spiro atoms. The van der Waals surface area contributed by atoms with Crippen LogP contribution in [0.15, 0.2) is 114 Å². The maximum Gasteiger partial charge on any atom is 0.408 e. The Bertz CT molecular complexity index is 2120. The topological polar surface area (TPSA) is 133 Å². The van der Waals surface area contributed by atoms with E-state index in [9.17, 15) is 19.8 Å². The second-order valence-electron chi connectivity index (χ2n) is 16.2. The van der Waals surface area contributed by atoms with E-state index in [0.29, 0.717) is 35.5 Å². The molecule has 5 aromatic rings. The van der Waals surface area contributed by atoms with Gasteiger partial charge in [-0.3, -0.25) is 4.79 Å². The standard InChI is InChI=1S/C48H58N4O6/c53-42-23-21-40(41-22-24-45(55)50-47(41)42)43(54)33-49-27-10-2-1-3-11-31-57-39-20-12-19-38(32-39)46(37-17-8-5-9-18-37)51-48(56)58-44-34-52(29-25-36(44)26-30-52)28-13-16-35-14-6-4-7-15-35/h4-9,12,14-15,17-24,32,36,43-44,46,49,54H,1-3,10-11,13,16,25-31,33-34H2,(H2-,50,51,53,55,56)/p+1/t36?,43-,44+,46?,52?/m1/s1. The fourth-order valence-electron chi connectivity index (χ4n) is 8.98. The summed E-state index contributed by atoms with van der Waals surface area (Å²) in [6, 6.07) is 34.6. The number of aryl methyl sites for hydroxylation is 1. The minimum absolute atomic E-state index is 0.0160. The van der Waals surface area contributed by atoms with Gasteiger partial charge in [0.15, 0.2) is 6.10 Å². The van der Waals surface area contributed by atoms with Gasteiger partial charge in [-0.1, -0.05) is 98.1 Å². The maximum absolute atomic E-state index is 13.6. The van der Waals surface area contributed by atoms with E-state index in [-0.39, 0.29) is 29.5 Å². The summed E-state index contributed by atoms with van der Waals surface area (Å²) in [4.78, 5) is 28.0. The summed E-state index contributed by atoms with van der Waals surface area (Å²) in [6.07, 6.45) is 8.39. The van der Waals surface area contributed by atoms with Crippen molar-refractivity contribution in [2.75, 3.05) is 45.9 Å². The number of unbranched alkanes of at least 4 members (excludes halogenated alkanes) is 4. The zero-order chi connectivity index (χ0) is 40.2. The monoisotopic (exact) mass is 787 g/mol. The van der Waals surface area contributed by atoms with Crippen molar-refractivity contribution in [1.82, 2.24) is 15.6 Å². The van der Waals surface area contributed by atoms with Gasteiger partial charge in [0.25, 0.3) is 0 Å². The second kappa shape index (κ2) is 20.0. The Morgan fingerprint density at radius 1 is 0.828 bits per heavy atom. The summed E-state index contributed by atoms with van der Waals surface area (Å²) in [5, 5.41) is 28.1. The molecular formula is C48H59N4O6+. The average Bonchev–Trinajstić information content (AvgIpc) is 3.25. The number of quaternary nitrogens is 1. The van der Waals surface area contributed by atoms with Gasteiger partial charge in [-0.05, 0) is 72.3 Å². The van der Waals surface area contributed by atoms with Crippen molar-refractivity contribution < 1.29 is 29.0 Å². The van der Waals surface area contributed by atoms with Gasteiger partial charge in [0.2, 0.25) is 5.56 Å². The van der Waals surface area contributed by atoms with Crippen LogP contribution in [0.1, 0.15) is 85.8 Å². The smallest absolute Gasteiger partial charge is 0.408 e. The Morgan fingerprint density at radius 2 is 1.57 bits per heavy atom. The number of nitrogens with one attached hydrogen (secondary N) is 3. The molecule has 4 heterocycles. The number of aromatic amines is 1. The van der Waals surface area contributed by atoms with Crippen LogP contribution in [0, 0.1) is 5.92 Å². The van der Waals surface area contributed by atoms with Gasteiger partial charge in [0, 0.05) is 43.2 Å². The van der Waals surface area contributed by atoms with Crippen LogP contribution in [0.4, 0.5) is 4.79 Å². The van der Waals surface area contributed by atoms with E-state index < -0.39 is 6.10 Å². The number of fused-ring (bicyclic) bond motifs is 4. The minimum atomic E-state index is -0.762. The fourth-order valence-corrected chi connectivity index (χ4v) is 8.98. The third kappa shape index (κ3) is 10.9. The molecule has 3 atom stereocenters. The Balaban J connectivity index is 0.832. The lowest BCUT2D eigenvalue weighted by Crippen LogP contribution is -2.65. The molecule has 0 radical (unpaired) electrons. The number of pyridine rings is 1. The SMILES string of the molecule is O=C(NC(c1ccccc1)c1cccc(OCCCCCCCNC[C@@H](O)c2ccc(O)c3[nH]c(=O)ccc23)c1)O[C@H]1C[N+]2(CCCc3ccccc3)CCC1CC2. The van der Waals surface area contributed by atoms with Crippen molar-refractivity contribution in [3.05, 3.63) is 142 Å². The zero-order valence-electron chi connectivity index (χ0n) is 33.5. The average molecular weight is 788 g/mol. The molecule has 306 valence electrons. The van der Waals surface area contributed by atoms with Gasteiger partial charge in [-0.2, -0.15) is 0 Å². The molecule has 10 nitrogen and oxygen atoms in total. The number of phenols is 1. The summed E-state index contributed by atoms with van der Waals surface area (Å²) in [7, 11) is 0. The quantitative estimate of drug-likeness (QED) is 0.0400. The highest BCUT2D eigenvalue weighted by Crippen LogP contribution is 2.36. The Morgan fingerprint density at radius 3 is 2.38 bits per heavy atom. The summed E-state index contributed by atoms with van der Waals surface area (Å²) in [5.74, 6) is 1.19. The molecule has 3 aliphatic heterocycles. The van der Waals surface area contributed by atoms with E-state index in [1.165, 1.54) is 30.8 Å². The maximum atomic E-state index is 13.6. The molecule has 2 bridgehead atoms. The van der Waals surface area contributed by atoms with Crippen LogP contribution in [0.2, 0.25) is 0 Å². The number of aromatic hydroxyl groups is 1. The van der Waals surface area contributed by atoms with Crippen molar-refractivity contribution >= 4 is 17.0 Å². The Kier molecular flexibility index (Phi) is 14.1. The van der Waals surface area contributed by atoms with Crippen LogP contribution < -0.4 is 20.9 Å². The van der Waals surface area contributed by atoms with E-state index >= 15 is 0 Å². The number of hydrogen-bond acceptors (Lipinski definition) is 7. The number of alkyl carbamates (subject to hydrolysis) is 1. The highest BCUT2D eigenvalue weighted by atomic mass is 16.6. The third-order valence-corrected chi connectivity index (χ3v) is 12.2. The number of carbonyl (C=O) groups is 1. The number of aliphatic hydroxyl groups excluding tert-OH is 1. The highest BCUT2D eigenvalue weighted by Gasteiger charge is 2.47. The zero-order valence-corrected chi connectivity index (χ0v) is 33.5. The number of hydrogen-bond donors (Lipinski definition) is 5. The number of aromatic nitrogens is 1. The lowest BCUT2D eigenvalue weighted by Gasteiger charge is -2.52. The normalized spacial score (nSPS) is 19.7. The molecule has 8 rings (SSSR count). The lowest BCUT2D eigenvalue weighted by atomic mass is 9.83. The third-order valence-electron chi connectivity index (χ3n) is 12.2. The van der Waals surface area contributed by atoms with Gasteiger partial charge in [0.1, 0.15) is 18.0 Å². The van der Waals surface area contributed by atoms with Crippen LogP contribution in [0.3, 0.4) is 0 Å². The predicted molar refractivity (Wildman–Crippen MR) is 228 cm³/mol. The molecule has 4 aromatic carbocycles. The number of piperidine rings is 3. The number of H-pyrrole nitrogens is 1. The Labute approximate surface area is 341 Å². The molecule has 5 N–H and O–H groups in total. The first-order valence-electron chi connectivity index (χ1n) is 21.2. The lowest BCUT2D eigenvalue weighted by molar-refractivity contribution is -0.946. The van der Waals surface area contributed by atoms with Gasteiger partial charge in [-0.25, -0.2) is 4.79 Å². The molecule has 58 heavy (non-hydrogen) atoms. The van der Waals surface area contributed by atoms with Gasteiger partial charge < -0.3 is 39.8 Å². The molecule has 1 aromatic heterocycles. The van der Waals surface area contributed by atoms with Gasteiger partial charge in [0.05, 0.1) is 43.9 Å². The predicted octanol–water partition coefficient (Wildman–Crippen LogP) is 7.94. The highest BCUT2D eigenvalue weighted by molar-refractivity contribution is 5.87. The van der Waals surface area contributed by atoms with E-state index in [4.69, 9.17) is 9.47 Å². The first-order valence-corrected chi connectivity index (χ1v) is 21.2. The van der Waals surface area contributed by atoms with Gasteiger partial charge in [-0.15, -0.1) is 0 Å². The fraction of sp³-hybridized carbons (Fsp3) is 0.417. The number of phenolic OH excluding ortho intramolecular Hbond substituents is 1. The first kappa shape index (κ1) is 41.0. The Hall–Kier alpha value is -5.16. The van der Waals surface area contributed by atoms with E-state index in [1.54, 1.807) is 12.1 Å². The minimum Gasteiger partial charge on any atom is -0.506 e. The largest absolute Gasteiger partial charge is 0.506 e.